The van der Waals surface area contributed by atoms with E-state index in [0.717, 1.165) is 47.6 Å². The van der Waals surface area contributed by atoms with E-state index in [9.17, 15) is 4.79 Å². The Morgan fingerprint density at radius 2 is 2.13 bits per heavy atom. The van der Waals surface area contributed by atoms with Crippen molar-refractivity contribution in [2.24, 2.45) is 0 Å². The zero-order valence-corrected chi connectivity index (χ0v) is 17.6. The molecular formula is C23H24N6O2. The molecule has 31 heavy (non-hydrogen) atoms. The fourth-order valence-electron chi connectivity index (χ4n) is 4.40. The van der Waals surface area contributed by atoms with Crippen LogP contribution in [0.4, 0.5) is 0 Å². The van der Waals surface area contributed by atoms with Crippen molar-refractivity contribution in [3.05, 3.63) is 71.2 Å². The first-order valence-corrected chi connectivity index (χ1v) is 10.9. The van der Waals surface area contributed by atoms with Crippen molar-refractivity contribution in [3.63, 3.8) is 0 Å². The number of carbonyl (C=O) groups is 1. The van der Waals surface area contributed by atoms with Crippen LogP contribution in [-0.4, -0.2) is 41.9 Å². The van der Waals surface area contributed by atoms with Gasteiger partial charge in [0.2, 0.25) is 5.76 Å². The van der Waals surface area contributed by atoms with Crippen LogP contribution in [0.15, 0.2) is 41.2 Å². The Bertz CT molecular complexity index is 1250. The summed E-state index contributed by atoms with van der Waals surface area (Å²) in [7, 11) is 0. The average molecular weight is 416 g/mol. The highest BCUT2D eigenvalue weighted by atomic mass is 16.4. The van der Waals surface area contributed by atoms with Gasteiger partial charge in [0.25, 0.3) is 5.91 Å². The molecule has 158 valence electrons. The van der Waals surface area contributed by atoms with Crippen molar-refractivity contribution in [2.45, 2.75) is 51.0 Å². The van der Waals surface area contributed by atoms with Gasteiger partial charge in [-0.3, -0.25) is 4.79 Å². The molecule has 0 saturated heterocycles. The first-order chi connectivity index (χ1) is 15.1. The second kappa shape index (κ2) is 6.80. The number of nitrogens with zero attached hydrogens (tertiary/aromatic N) is 5. The van der Waals surface area contributed by atoms with Crippen LogP contribution < -0.4 is 0 Å². The lowest BCUT2D eigenvalue weighted by Crippen LogP contribution is -2.41. The Balaban J connectivity index is 1.45. The molecule has 4 aromatic rings. The summed E-state index contributed by atoms with van der Waals surface area (Å²) in [5.41, 5.74) is 4.49. The SMILES string of the molecule is CC(C)c1nc(C2CC2)c(C(=O)N2CCc3[nH]cnc3[C@H]2c2cc3ccccn3n2)o1. The second-order valence-corrected chi connectivity index (χ2v) is 8.75. The number of oxazole rings is 1. The second-order valence-electron chi connectivity index (χ2n) is 8.75. The molecule has 1 N–H and O–H groups in total. The number of rotatable bonds is 4. The molecule has 0 aromatic carbocycles. The van der Waals surface area contributed by atoms with E-state index >= 15 is 0 Å². The number of hydrogen-bond donors (Lipinski definition) is 1. The van der Waals surface area contributed by atoms with Crippen LogP contribution in [0, 0.1) is 0 Å². The fourth-order valence-corrected chi connectivity index (χ4v) is 4.40. The number of fused-ring (bicyclic) bond motifs is 2. The third-order valence-electron chi connectivity index (χ3n) is 6.18. The predicted molar refractivity (Wildman–Crippen MR) is 113 cm³/mol. The van der Waals surface area contributed by atoms with Crippen molar-refractivity contribution >= 4 is 11.4 Å². The Morgan fingerprint density at radius 3 is 2.90 bits per heavy atom. The van der Waals surface area contributed by atoms with E-state index in [4.69, 9.17) is 14.5 Å². The molecule has 0 bridgehead atoms. The average Bonchev–Trinajstić information content (AvgIpc) is 3.19. The summed E-state index contributed by atoms with van der Waals surface area (Å²) in [6.45, 7) is 4.63. The van der Waals surface area contributed by atoms with Gasteiger partial charge in [-0.05, 0) is 31.0 Å². The topological polar surface area (TPSA) is 92.3 Å². The van der Waals surface area contributed by atoms with E-state index in [0.29, 0.717) is 24.1 Å². The summed E-state index contributed by atoms with van der Waals surface area (Å²) in [4.78, 5) is 28.2. The van der Waals surface area contributed by atoms with Crippen molar-refractivity contribution in [1.82, 2.24) is 29.5 Å². The number of aromatic nitrogens is 5. The van der Waals surface area contributed by atoms with Gasteiger partial charge < -0.3 is 14.3 Å². The van der Waals surface area contributed by atoms with Gasteiger partial charge in [0, 0.05) is 36.7 Å². The lowest BCUT2D eigenvalue weighted by molar-refractivity contribution is 0.0650. The maximum Gasteiger partial charge on any atom is 0.292 e. The van der Waals surface area contributed by atoms with E-state index < -0.39 is 0 Å². The van der Waals surface area contributed by atoms with Crippen molar-refractivity contribution in [2.75, 3.05) is 6.54 Å². The third kappa shape index (κ3) is 2.97. The molecule has 0 spiro atoms. The molecule has 1 aliphatic heterocycles. The van der Waals surface area contributed by atoms with Crippen LogP contribution in [0.25, 0.3) is 5.52 Å². The minimum Gasteiger partial charge on any atom is -0.435 e. The standard InChI is InChI=1S/C23H24N6O2/c1-13(2)22-26-18(14-6-7-14)21(31-22)23(30)28-10-8-16-19(25-12-24-16)20(28)17-11-15-5-3-4-9-29(15)27-17/h3-5,9,11-14,20H,6-8,10H2,1-2H3,(H,24,25)/t20-/m1/s1. The monoisotopic (exact) mass is 416 g/mol. The highest BCUT2D eigenvalue weighted by Crippen LogP contribution is 2.43. The number of imidazole rings is 1. The Kier molecular flexibility index (Phi) is 4.03. The molecule has 8 nitrogen and oxygen atoms in total. The van der Waals surface area contributed by atoms with Crippen molar-refractivity contribution in [1.29, 1.82) is 0 Å². The smallest absolute Gasteiger partial charge is 0.292 e. The highest BCUT2D eigenvalue weighted by molar-refractivity contribution is 5.93. The number of hydrogen-bond acceptors (Lipinski definition) is 5. The minimum atomic E-state index is -0.373. The molecule has 2 aliphatic rings. The largest absolute Gasteiger partial charge is 0.435 e. The van der Waals surface area contributed by atoms with Crippen LogP contribution in [0.1, 0.15) is 83.8 Å². The van der Waals surface area contributed by atoms with Gasteiger partial charge in [-0.1, -0.05) is 19.9 Å². The van der Waals surface area contributed by atoms with Crippen molar-refractivity contribution < 1.29 is 9.21 Å². The number of H-pyrrole nitrogens is 1. The fraction of sp³-hybridized carbons (Fsp3) is 0.391. The first-order valence-electron chi connectivity index (χ1n) is 10.9. The number of aromatic amines is 1. The van der Waals surface area contributed by atoms with E-state index in [-0.39, 0.29) is 17.9 Å². The number of nitrogens with one attached hydrogen (secondary N) is 1. The molecule has 8 heteroatoms. The zero-order valence-electron chi connectivity index (χ0n) is 17.6. The van der Waals surface area contributed by atoms with Crippen LogP contribution in [0.2, 0.25) is 0 Å². The molecule has 1 fully saturated rings. The quantitative estimate of drug-likeness (QED) is 0.546. The number of amides is 1. The van der Waals surface area contributed by atoms with E-state index in [2.05, 4.69) is 9.97 Å². The molecule has 6 rings (SSSR count). The molecule has 1 saturated carbocycles. The summed E-state index contributed by atoms with van der Waals surface area (Å²) < 4.78 is 7.88. The molecule has 5 heterocycles. The molecule has 4 aromatic heterocycles. The van der Waals surface area contributed by atoms with E-state index in [1.54, 1.807) is 6.33 Å². The van der Waals surface area contributed by atoms with Gasteiger partial charge >= 0.3 is 0 Å². The molecular weight excluding hydrogens is 392 g/mol. The predicted octanol–water partition coefficient (Wildman–Crippen LogP) is 3.83. The number of pyridine rings is 1. The molecule has 1 amide bonds. The van der Waals surface area contributed by atoms with Gasteiger partial charge in [-0.25, -0.2) is 14.5 Å². The summed E-state index contributed by atoms with van der Waals surface area (Å²) in [6, 6.07) is 7.58. The molecule has 1 aliphatic carbocycles. The summed E-state index contributed by atoms with van der Waals surface area (Å²) in [5.74, 6) is 1.35. The maximum atomic E-state index is 13.8. The molecule has 0 unspecified atom stereocenters. The van der Waals surface area contributed by atoms with Gasteiger partial charge in [-0.2, -0.15) is 5.10 Å². The van der Waals surface area contributed by atoms with Crippen LogP contribution in [-0.2, 0) is 6.42 Å². The Hall–Kier alpha value is -3.42. The van der Waals surface area contributed by atoms with Crippen molar-refractivity contribution in [3.8, 4) is 0 Å². The molecule has 0 radical (unpaired) electrons. The Morgan fingerprint density at radius 1 is 1.26 bits per heavy atom. The van der Waals surface area contributed by atoms with Gasteiger partial charge in [-0.15, -0.1) is 0 Å². The first kappa shape index (κ1) is 18.4. The third-order valence-corrected chi connectivity index (χ3v) is 6.18. The maximum absolute atomic E-state index is 13.8. The van der Waals surface area contributed by atoms with Gasteiger partial charge in [0.05, 0.1) is 28.9 Å². The molecule has 1 atom stereocenters. The minimum absolute atomic E-state index is 0.128. The zero-order chi connectivity index (χ0) is 21.1. The van der Waals surface area contributed by atoms with Gasteiger partial charge in [0.1, 0.15) is 6.04 Å². The van der Waals surface area contributed by atoms with Crippen LogP contribution >= 0.6 is 0 Å². The summed E-state index contributed by atoms with van der Waals surface area (Å²) >= 11 is 0. The Labute approximate surface area is 179 Å². The van der Waals surface area contributed by atoms with E-state index in [1.807, 2.05) is 53.7 Å². The van der Waals surface area contributed by atoms with Crippen LogP contribution in [0.5, 0.6) is 0 Å². The summed E-state index contributed by atoms with van der Waals surface area (Å²) in [6.07, 6.45) is 6.44. The lowest BCUT2D eigenvalue weighted by atomic mass is 9.99. The lowest BCUT2D eigenvalue weighted by Gasteiger charge is -2.33. The summed E-state index contributed by atoms with van der Waals surface area (Å²) in [5, 5.41) is 4.77. The van der Waals surface area contributed by atoms with Crippen LogP contribution in [0.3, 0.4) is 0 Å². The number of carbonyl (C=O) groups excluding carboxylic acids is 1. The normalized spacial score (nSPS) is 18.7. The highest BCUT2D eigenvalue weighted by Gasteiger charge is 2.41. The van der Waals surface area contributed by atoms with E-state index in [1.165, 1.54) is 0 Å². The van der Waals surface area contributed by atoms with Gasteiger partial charge in [0.15, 0.2) is 5.89 Å².